The van der Waals surface area contributed by atoms with Crippen molar-refractivity contribution in [3.8, 4) is 0 Å². The third-order valence-corrected chi connectivity index (χ3v) is 4.21. The number of halogens is 4. The molecule has 2 nitrogen and oxygen atoms in total. The van der Waals surface area contributed by atoms with Crippen molar-refractivity contribution in [1.82, 2.24) is 5.32 Å². The third-order valence-electron chi connectivity index (χ3n) is 3.98. The van der Waals surface area contributed by atoms with Crippen LogP contribution in [0.1, 0.15) is 25.8 Å². The molecule has 2 rings (SSSR count). The van der Waals surface area contributed by atoms with Gasteiger partial charge in [-0.25, -0.2) is 0 Å². The van der Waals surface area contributed by atoms with Gasteiger partial charge in [0.2, 0.25) is 0 Å². The Morgan fingerprint density at radius 2 is 2.10 bits per heavy atom. The summed E-state index contributed by atoms with van der Waals surface area (Å²) in [6, 6.07) is 4.38. The zero-order chi connectivity index (χ0) is 15.6. The van der Waals surface area contributed by atoms with Gasteiger partial charge in [-0.15, -0.1) is 0 Å². The molecule has 0 bridgehead atoms. The third kappa shape index (κ3) is 3.83. The van der Waals surface area contributed by atoms with E-state index in [2.05, 4.69) is 12.2 Å². The van der Waals surface area contributed by atoms with Crippen LogP contribution in [0.15, 0.2) is 18.2 Å². The summed E-state index contributed by atoms with van der Waals surface area (Å²) in [5, 5.41) is 3.50. The SMILES string of the molecule is CCNC1CCN(c2ccc(Cl)cc2C(F)(F)F)CC1C. The van der Waals surface area contributed by atoms with Crippen molar-refractivity contribution in [2.45, 2.75) is 32.5 Å². The first-order valence-corrected chi connectivity index (χ1v) is 7.55. The van der Waals surface area contributed by atoms with E-state index >= 15 is 0 Å². The van der Waals surface area contributed by atoms with E-state index in [0.717, 1.165) is 19.0 Å². The molecule has 1 aromatic carbocycles. The Morgan fingerprint density at radius 1 is 1.38 bits per heavy atom. The summed E-state index contributed by atoms with van der Waals surface area (Å²) in [5.41, 5.74) is -0.419. The van der Waals surface area contributed by atoms with Gasteiger partial charge < -0.3 is 10.2 Å². The molecule has 6 heteroatoms. The van der Waals surface area contributed by atoms with Crippen molar-refractivity contribution in [3.63, 3.8) is 0 Å². The van der Waals surface area contributed by atoms with E-state index < -0.39 is 11.7 Å². The zero-order valence-corrected chi connectivity index (χ0v) is 12.9. The maximum atomic E-state index is 13.2. The highest BCUT2D eigenvalue weighted by Crippen LogP contribution is 2.39. The maximum Gasteiger partial charge on any atom is 0.418 e. The van der Waals surface area contributed by atoms with Crippen LogP contribution >= 0.6 is 11.6 Å². The second kappa shape index (κ2) is 6.44. The normalized spacial score (nSPS) is 23.4. The highest BCUT2D eigenvalue weighted by atomic mass is 35.5. The summed E-state index contributed by atoms with van der Waals surface area (Å²) in [5.74, 6) is 0.301. The monoisotopic (exact) mass is 320 g/mol. The van der Waals surface area contributed by atoms with Crippen molar-refractivity contribution in [2.24, 2.45) is 5.92 Å². The molecule has 1 saturated heterocycles. The first-order valence-electron chi connectivity index (χ1n) is 7.18. The minimum atomic E-state index is -4.39. The number of benzene rings is 1. The van der Waals surface area contributed by atoms with Crippen molar-refractivity contribution in [3.05, 3.63) is 28.8 Å². The fourth-order valence-corrected chi connectivity index (χ4v) is 3.11. The van der Waals surface area contributed by atoms with E-state index in [0.29, 0.717) is 25.0 Å². The van der Waals surface area contributed by atoms with E-state index in [-0.39, 0.29) is 10.7 Å². The summed E-state index contributed by atoms with van der Waals surface area (Å²) in [6.07, 6.45) is -3.54. The van der Waals surface area contributed by atoms with Crippen molar-refractivity contribution in [1.29, 1.82) is 0 Å². The fourth-order valence-electron chi connectivity index (χ4n) is 2.94. The van der Waals surface area contributed by atoms with Crippen LogP contribution in [-0.4, -0.2) is 25.7 Å². The number of nitrogens with one attached hydrogen (secondary N) is 1. The molecule has 0 aliphatic carbocycles. The molecule has 1 N–H and O–H groups in total. The predicted molar refractivity (Wildman–Crippen MR) is 79.9 cm³/mol. The minimum absolute atomic E-state index is 0.113. The second-order valence-corrected chi connectivity index (χ2v) is 5.97. The van der Waals surface area contributed by atoms with Gasteiger partial charge >= 0.3 is 6.18 Å². The van der Waals surface area contributed by atoms with Gasteiger partial charge in [-0.1, -0.05) is 25.4 Å². The molecule has 1 heterocycles. The van der Waals surface area contributed by atoms with Crippen LogP contribution in [0.3, 0.4) is 0 Å². The molecule has 0 amide bonds. The molecule has 0 radical (unpaired) electrons. The van der Waals surface area contributed by atoms with Crippen LogP contribution < -0.4 is 10.2 Å². The maximum absolute atomic E-state index is 13.2. The zero-order valence-electron chi connectivity index (χ0n) is 12.2. The summed E-state index contributed by atoms with van der Waals surface area (Å²) < 4.78 is 39.5. The molecule has 0 saturated carbocycles. The Hall–Kier alpha value is -0.940. The molecular weight excluding hydrogens is 301 g/mol. The lowest BCUT2D eigenvalue weighted by Gasteiger charge is -2.39. The summed E-state index contributed by atoms with van der Waals surface area (Å²) in [6.45, 7) is 6.22. The lowest BCUT2D eigenvalue weighted by Crippen LogP contribution is -2.48. The smallest absolute Gasteiger partial charge is 0.371 e. The van der Waals surface area contributed by atoms with E-state index in [1.807, 2.05) is 11.8 Å². The molecule has 118 valence electrons. The number of hydrogen-bond donors (Lipinski definition) is 1. The van der Waals surface area contributed by atoms with Gasteiger partial charge in [-0.3, -0.25) is 0 Å². The number of piperidine rings is 1. The molecule has 0 spiro atoms. The molecular formula is C15H20ClF3N2. The van der Waals surface area contributed by atoms with Crippen molar-refractivity contribution >= 4 is 17.3 Å². The molecule has 2 atom stereocenters. The van der Waals surface area contributed by atoms with Crippen molar-refractivity contribution in [2.75, 3.05) is 24.5 Å². The Kier molecular flexibility index (Phi) is 5.04. The van der Waals surface area contributed by atoms with Gasteiger partial charge in [-0.2, -0.15) is 13.2 Å². The summed E-state index contributed by atoms with van der Waals surface area (Å²) >= 11 is 5.73. The van der Waals surface area contributed by atoms with E-state index in [1.165, 1.54) is 12.1 Å². The van der Waals surface area contributed by atoms with Gasteiger partial charge in [0.1, 0.15) is 0 Å². The topological polar surface area (TPSA) is 15.3 Å². The first kappa shape index (κ1) is 16.4. The summed E-state index contributed by atoms with van der Waals surface area (Å²) in [4.78, 5) is 1.82. The second-order valence-electron chi connectivity index (χ2n) is 5.54. The van der Waals surface area contributed by atoms with Crippen LogP contribution in [0.25, 0.3) is 0 Å². The van der Waals surface area contributed by atoms with E-state index in [9.17, 15) is 13.2 Å². The number of rotatable bonds is 3. The summed E-state index contributed by atoms with van der Waals surface area (Å²) in [7, 11) is 0. The Bertz CT molecular complexity index is 490. The molecule has 2 unspecified atom stereocenters. The highest BCUT2D eigenvalue weighted by Gasteiger charge is 2.36. The lowest BCUT2D eigenvalue weighted by molar-refractivity contribution is -0.137. The average molecular weight is 321 g/mol. The fraction of sp³-hybridized carbons (Fsp3) is 0.600. The largest absolute Gasteiger partial charge is 0.418 e. The molecule has 1 aliphatic heterocycles. The van der Waals surface area contributed by atoms with Crippen molar-refractivity contribution < 1.29 is 13.2 Å². The van der Waals surface area contributed by atoms with Crippen LogP contribution in [0.2, 0.25) is 5.02 Å². The van der Waals surface area contributed by atoms with Gasteiger partial charge in [0.25, 0.3) is 0 Å². The van der Waals surface area contributed by atoms with Crippen LogP contribution in [0, 0.1) is 5.92 Å². The number of nitrogens with zero attached hydrogens (tertiary/aromatic N) is 1. The Balaban J connectivity index is 2.24. The average Bonchev–Trinajstić information content (AvgIpc) is 2.40. The first-order chi connectivity index (χ1) is 9.82. The number of alkyl halides is 3. The van der Waals surface area contributed by atoms with E-state index in [1.54, 1.807) is 0 Å². The van der Waals surface area contributed by atoms with Gasteiger partial charge in [0.05, 0.1) is 5.56 Å². The molecule has 21 heavy (non-hydrogen) atoms. The van der Waals surface area contributed by atoms with Crippen LogP contribution in [0.4, 0.5) is 18.9 Å². The van der Waals surface area contributed by atoms with Gasteiger partial charge in [0, 0.05) is 29.8 Å². The highest BCUT2D eigenvalue weighted by molar-refractivity contribution is 6.30. The van der Waals surface area contributed by atoms with Gasteiger partial charge in [-0.05, 0) is 37.1 Å². The van der Waals surface area contributed by atoms with Crippen LogP contribution in [0.5, 0.6) is 0 Å². The lowest BCUT2D eigenvalue weighted by atomic mass is 9.93. The minimum Gasteiger partial charge on any atom is -0.371 e. The number of anilines is 1. The Morgan fingerprint density at radius 3 is 2.67 bits per heavy atom. The van der Waals surface area contributed by atoms with Gasteiger partial charge in [0.15, 0.2) is 0 Å². The molecule has 1 aromatic rings. The molecule has 0 aromatic heterocycles. The Labute approximate surface area is 128 Å². The quantitative estimate of drug-likeness (QED) is 0.898. The van der Waals surface area contributed by atoms with Crippen LogP contribution in [-0.2, 0) is 6.18 Å². The molecule has 1 aliphatic rings. The van der Waals surface area contributed by atoms with E-state index in [4.69, 9.17) is 11.6 Å². The predicted octanol–water partition coefficient (Wildman–Crippen LogP) is 4.18. The number of hydrogen-bond acceptors (Lipinski definition) is 2. The molecule has 1 fully saturated rings. The standard InChI is InChI=1S/C15H20ClF3N2/c1-3-20-13-6-7-21(9-10(13)2)14-5-4-11(16)8-12(14)15(17,18)19/h4-5,8,10,13,20H,3,6-7,9H2,1-2H3.